The summed E-state index contributed by atoms with van der Waals surface area (Å²) in [5.74, 6) is 0.552. The molecule has 38 heavy (non-hydrogen) atoms. The number of halogens is 2. The van der Waals surface area contributed by atoms with Crippen LogP contribution >= 0.6 is 12.4 Å². The fourth-order valence-corrected chi connectivity index (χ4v) is 6.33. The van der Waals surface area contributed by atoms with Crippen LogP contribution in [0, 0.1) is 24.1 Å². The molecule has 0 amide bonds. The molecule has 0 radical (unpaired) electrons. The lowest BCUT2D eigenvalue weighted by Crippen LogP contribution is -2.48. The van der Waals surface area contributed by atoms with Crippen molar-refractivity contribution in [3.05, 3.63) is 71.9 Å². The maximum Gasteiger partial charge on any atom is 0.168 e. The first-order valence-electron chi connectivity index (χ1n) is 12.6. The number of rotatable bonds is 3. The molecule has 0 saturated carbocycles. The van der Waals surface area contributed by atoms with Gasteiger partial charge in [-0.25, -0.2) is 9.37 Å². The predicted octanol–water partition coefficient (Wildman–Crippen LogP) is 6.01. The van der Waals surface area contributed by atoms with Crippen LogP contribution in [-0.4, -0.2) is 32.7 Å². The Labute approximate surface area is 225 Å². The van der Waals surface area contributed by atoms with E-state index in [2.05, 4.69) is 22.2 Å². The van der Waals surface area contributed by atoms with E-state index in [4.69, 9.17) is 15.2 Å². The van der Waals surface area contributed by atoms with Crippen LogP contribution in [0.1, 0.15) is 36.9 Å². The van der Waals surface area contributed by atoms with E-state index < -0.39 is 0 Å². The zero-order chi connectivity index (χ0) is 25.3. The second-order valence-electron chi connectivity index (χ2n) is 10.2. The van der Waals surface area contributed by atoms with Crippen molar-refractivity contribution in [2.24, 2.45) is 5.73 Å². The lowest BCUT2D eigenvalue weighted by molar-refractivity contribution is 0.412. The summed E-state index contributed by atoms with van der Waals surface area (Å²) in [7, 11) is 0. The number of piperidine rings is 1. The number of aromatic nitrogens is 3. The molecule has 192 valence electrons. The average Bonchev–Trinajstić information content (AvgIpc) is 3.55. The van der Waals surface area contributed by atoms with Crippen LogP contribution in [0.5, 0.6) is 0 Å². The maximum atomic E-state index is 15.7. The number of nitrogens with two attached hydrogens (primary N) is 1. The normalized spacial score (nSPS) is 20.6. The van der Waals surface area contributed by atoms with Gasteiger partial charge in [-0.3, -0.25) is 0 Å². The molecule has 2 fully saturated rings. The Morgan fingerprint density at radius 2 is 1.82 bits per heavy atom. The van der Waals surface area contributed by atoms with Crippen LogP contribution in [0.2, 0.25) is 0 Å². The largest absolute Gasteiger partial charge is 0.356 e. The Morgan fingerprint density at radius 3 is 2.53 bits per heavy atom. The highest BCUT2D eigenvalue weighted by Gasteiger charge is 2.41. The van der Waals surface area contributed by atoms with Crippen LogP contribution < -0.4 is 10.6 Å². The molecule has 5 aromatic rings. The third-order valence-corrected chi connectivity index (χ3v) is 8.01. The van der Waals surface area contributed by atoms with Gasteiger partial charge in [0.25, 0.3) is 0 Å². The lowest BCUT2D eigenvalue weighted by Gasteiger charge is -2.38. The van der Waals surface area contributed by atoms with Crippen LogP contribution in [0.15, 0.2) is 59.4 Å². The quantitative estimate of drug-likeness (QED) is 0.308. The van der Waals surface area contributed by atoms with Crippen molar-refractivity contribution in [2.75, 3.05) is 4.90 Å². The monoisotopic (exact) mass is 528 g/mol. The number of nitriles is 1. The van der Waals surface area contributed by atoms with Gasteiger partial charge in [-0.2, -0.15) is 5.26 Å². The first kappa shape index (κ1) is 24.4. The topological polar surface area (TPSA) is 96.4 Å². The number of nitrogens with zero attached hydrogens (tertiary/aromatic N) is 5. The molecule has 2 N–H and O–H groups in total. The smallest absolute Gasteiger partial charge is 0.168 e. The molecule has 2 atom stereocenters. The minimum absolute atomic E-state index is 0. The molecule has 5 heterocycles. The highest BCUT2D eigenvalue weighted by atomic mass is 35.5. The molecule has 2 bridgehead atoms. The highest BCUT2D eigenvalue weighted by molar-refractivity contribution is 5.93. The summed E-state index contributed by atoms with van der Waals surface area (Å²) in [4.78, 5) is 7.28. The van der Waals surface area contributed by atoms with Crippen molar-refractivity contribution >= 4 is 34.7 Å². The van der Waals surface area contributed by atoms with E-state index in [1.54, 1.807) is 31.3 Å². The number of anilines is 1. The number of benzene rings is 2. The molecule has 2 unspecified atom stereocenters. The molecule has 3 aromatic heterocycles. The molecule has 2 aliphatic heterocycles. The third-order valence-electron chi connectivity index (χ3n) is 8.01. The van der Waals surface area contributed by atoms with E-state index in [1.807, 2.05) is 22.7 Å². The van der Waals surface area contributed by atoms with Crippen LogP contribution in [-0.2, 0) is 0 Å². The van der Waals surface area contributed by atoms with Crippen molar-refractivity contribution < 1.29 is 8.91 Å². The molecule has 0 aliphatic carbocycles. The van der Waals surface area contributed by atoms with Gasteiger partial charge in [0.15, 0.2) is 11.4 Å². The van der Waals surface area contributed by atoms with Gasteiger partial charge in [0.05, 0.1) is 28.5 Å². The van der Waals surface area contributed by atoms with Crippen LogP contribution in [0.4, 0.5) is 10.2 Å². The Kier molecular flexibility index (Phi) is 5.86. The van der Waals surface area contributed by atoms with Gasteiger partial charge < -0.3 is 19.6 Å². The van der Waals surface area contributed by atoms with E-state index in [0.29, 0.717) is 45.6 Å². The fraction of sp³-hybridized carbons (Fsp3) is 0.276. The molecule has 0 spiro atoms. The molecule has 7 rings (SSSR count). The van der Waals surface area contributed by atoms with Gasteiger partial charge in [0, 0.05) is 47.0 Å². The van der Waals surface area contributed by atoms with Gasteiger partial charge in [-0.15, -0.1) is 12.4 Å². The van der Waals surface area contributed by atoms with Crippen molar-refractivity contribution in [3.63, 3.8) is 0 Å². The molecular formula is C29H26ClFN6O. The fourth-order valence-electron chi connectivity index (χ4n) is 6.33. The van der Waals surface area contributed by atoms with E-state index >= 15 is 4.39 Å². The van der Waals surface area contributed by atoms with Crippen molar-refractivity contribution in [1.29, 1.82) is 5.26 Å². The standard InChI is InChI=1S/C29H25FN6O.ClH/c1-16-22-12-25(30)24(14-27(22)37-34-16)28-23(18-4-2-17(15-31)3-5-18)13-26-29(33-8-9-35(26)28)36-20-6-7-21(36)11-19(32)10-20;/h2-5,8-9,12-14,19-21H,6-7,10-11,32H2,1H3;1H. The second kappa shape index (κ2) is 9.12. The first-order chi connectivity index (χ1) is 18.0. The SMILES string of the molecule is Cc1noc2cc(-c3c(-c4ccc(C#N)cc4)cc4c(N5C6CCC5CC(N)C6)nccn34)c(F)cc12.Cl. The van der Waals surface area contributed by atoms with E-state index in [1.165, 1.54) is 6.07 Å². The zero-order valence-electron chi connectivity index (χ0n) is 20.8. The van der Waals surface area contributed by atoms with Crippen LogP contribution in [0.25, 0.3) is 38.9 Å². The summed E-state index contributed by atoms with van der Waals surface area (Å²) >= 11 is 0. The minimum atomic E-state index is -0.351. The Bertz CT molecular complexity index is 1710. The summed E-state index contributed by atoms with van der Waals surface area (Å²) in [6.07, 6.45) is 7.78. The molecule has 2 aromatic carbocycles. The molecule has 9 heteroatoms. The van der Waals surface area contributed by atoms with Gasteiger partial charge >= 0.3 is 0 Å². The second-order valence-corrected chi connectivity index (χ2v) is 10.2. The summed E-state index contributed by atoms with van der Waals surface area (Å²) in [5, 5.41) is 14.0. The van der Waals surface area contributed by atoms with Crippen LogP contribution in [0.3, 0.4) is 0 Å². The van der Waals surface area contributed by atoms with Gasteiger partial charge in [0.2, 0.25) is 0 Å². The Balaban J connectivity index is 0.00000264. The van der Waals surface area contributed by atoms with Crippen molar-refractivity contribution in [2.45, 2.75) is 50.7 Å². The zero-order valence-corrected chi connectivity index (χ0v) is 21.6. The molecule has 2 aliphatic rings. The van der Waals surface area contributed by atoms with Gasteiger partial charge in [-0.05, 0) is 68.5 Å². The maximum absolute atomic E-state index is 15.7. The number of fused-ring (bicyclic) bond motifs is 4. The van der Waals surface area contributed by atoms with Gasteiger partial charge in [-0.1, -0.05) is 17.3 Å². The third kappa shape index (κ3) is 3.65. The summed E-state index contributed by atoms with van der Waals surface area (Å²) in [6, 6.07) is 15.8. The molecule has 2 saturated heterocycles. The van der Waals surface area contributed by atoms with E-state index in [-0.39, 0.29) is 24.3 Å². The van der Waals surface area contributed by atoms with Crippen molar-refractivity contribution in [1.82, 2.24) is 14.5 Å². The average molecular weight is 529 g/mol. The summed E-state index contributed by atoms with van der Waals surface area (Å²) in [6.45, 7) is 1.80. The van der Waals surface area contributed by atoms with E-state index in [9.17, 15) is 5.26 Å². The molecule has 7 nitrogen and oxygen atoms in total. The predicted molar refractivity (Wildman–Crippen MR) is 147 cm³/mol. The lowest BCUT2D eigenvalue weighted by atomic mass is 9.98. The van der Waals surface area contributed by atoms with Crippen molar-refractivity contribution in [3.8, 4) is 28.5 Å². The first-order valence-corrected chi connectivity index (χ1v) is 12.6. The summed E-state index contributed by atoms with van der Waals surface area (Å²) < 4.78 is 23.3. The Hall–Kier alpha value is -3.93. The minimum Gasteiger partial charge on any atom is -0.356 e. The summed E-state index contributed by atoms with van der Waals surface area (Å²) in [5.41, 5.74) is 11.9. The van der Waals surface area contributed by atoms with E-state index in [0.717, 1.165) is 48.1 Å². The Morgan fingerprint density at radius 1 is 1.08 bits per heavy atom. The van der Waals surface area contributed by atoms with Gasteiger partial charge in [0.1, 0.15) is 5.82 Å². The highest BCUT2D eigenvalue weighted by Crippen LogP contribution is 2.44. The number of hydrogen-bond donors (Lipinski definition) is 1. The molecular weight excluding hydrogens is 503 g/mol. The number of hydrogen-bond acceptors (Lipinski definition) is 6. The number of aryl methyl sites for hydroxylation is 1.